The van der Waals surface area contributed by atoms with E-state index >= 15 is 0 Å². The number of hydrogen-bond donors (Lipinski definition) is 1. The van der Waals surface area contributed by atoms with Crippen LogP contribution in [-0.2, 0) is 22.6 Å². The number of pyridine rings is 1. The van der Waals surface area contributed by atoms with E-state index in [1.54, 1.807) is 31.6 Å². The van der Waals surface area contributed by atoms with Gasteiger partial charge in [0.15, 0.2) is 12.0 Å². The van der Waals surface area contributed by atoms with Gasteiger partial charge in [-0.25, -0.2) is 9.67 Å². The molecule has 0 unspecified atom stereocenters. The molecule has 0 fully saturated rings. The smallest absolute Gasteiger partial charge is 0.273 e. The van der Waals surface area contributed by atoms with Gasteiger partial charge in [-0.2, -0.15) is 0 Å². The molecular weight excluding hydrogens is 326 g/mol. The molecule has 25 heavy (non-hydrogen) atoms. The normalized spacial score (nSPS) is 10.9. The lowest BCUT2D eigenvalue weighted by Gasteiger charge is -2.16. The molecule has 0 saturated carbocycles. The van der Waals surface area contributed by atoms with Crippen molar-refractivity contribution >= 4 is 5.91 Å². The average Bonchev–Trinajstić information content (AvgIpc) is 3.09. The van der Waals surface area contributed by atoms with Crippen LogP contribution in [0.1, 0.15) is 29.9 Å². The van der Waals surface area contributed by atoms with Crippen LogP contribution in [0, 0.1) is 0 Å². The molecule has 2 aromatic heterocycles. The van der Waals surface area contributed by atoms with Crippen LogP contribution >= 0.6 is 0 Å². The first-order valence-corrected chi connectivity index (χ1v) is 8.06. The molecule has 1 amide bonds. The van der Waals surface area contributed by atoms with Crippen LogP contribution in [0.15, 0.2) is 24.5 Å². The Morgan fingerprint density at radius 3 is 2.76 bits per heavy atom. The highest BCUT2D eigenvalue weighted by atomic mass is 16.7. The Balaban J connectivity index is 1.90. The summed E-state index contributed by atoms with van der Waals surface area (Å²) >= 11 is 0. The highest BCUT2D eigenvalue weighted by Crippen LogP contribution is 2.08. The van der Waals surface area contributed by atoms with Gasteiger partial charge < -0.3 is 19.5 Å². The molecule has 0 aliphatic heterocycles. The zero-order valence-corrected chi connectivity index (χ0v) is 14.6. The second-order valence-corrected chi connectivity index (χ2v) is 5.06. The summed E-state index contributed by atoms with van der Waals surface area (Å²) in [7, 11) is 1.54. The van der Waals surface area contributed by atoms with E-state index in [-0.39, 0.29) is 11.6 Å². The van der Waals surface area contributed by atoms with Crippen molar-refractivity contribution in [2.45, 2.75) is 33.2 Å². The van der Waals surface area contributed by atoms with E-state index in [0.29, 0.717) is 32.2 Å². The van der Waals surface area contributed by atoms with Gasteiger partial charge in [-0.3, -0.25) is 4.79 Å². The molecule has 136 valence electrons. The highest BCUT2D eigenvalue weighted by molar-refractivity contribution is 5.91. The predicted molar refractivity (Wildman–Crippen MR) is 89.0 cm³/mol. The number of aromatic nitrogens is 4. The van der Waals surface area contributed by atoms with Crippen molar-refractivity contribution in [2.75, 3.05) is 20.3 Å². The lowest BCUT2D eigenvalue weighted by Crippen LogP contribution is -2.24. The molecule has 0 saturated heterocycles. The van der Waals surface area contributed by atoms with Crippen LogP contribution in [0.3, 0.4) is 0 Å². The molecule has 9 heteroatoms. The van der Waals surface area contributed by atoms with Gasteiger partial charge in [0.2, 0.25) is 5.88 Å². The van der Waals surface area contributed by atoms with Gasteiger partial charge in [-0.1, -0.05) is 5.21 Å². The third-order valence-electron chi connectivity index (χ3n) is 3.27. The Labute approximate surface area is 146 Å². The topological polar surface area (TPSA) is 100 Å². The van der Waals surface area contributed by atoms with E-state index in [2.05, 4.69) is 20.6 Å². The second kappa shape index (κ2) is 9.70. The van der Waals surface area contributed by atoms with Gasteiger partial charge in [0.05, 0.1) is 19.9 Å². The summed E-state index contributed by atoms with van der Waals surface area (Å²) in [5.41, 5.74) is 1.10. The first kappa shape index (κ1) is 18.8. The van der Waals surface area contributed by atoms with Crippen molar-refractivity contribution in [3.63, 3.8) is 0 Å². The molecule has 0 aliphatic rings. The number of hydrogen-bond acceptors (Lipinski definition) is 7. The standard InChI is InChI=1S/C16H23N5O4/c1-4-24-15(25-5-2)11-21-10-13(19-20-21)16(22)18-9-12-6-7-17-14(8-12)23-3/h6-8,10,15H,4-5,9,11H2,1-3H3,(H,18,22). The van der Waals surface area contributed by atoms with Gasteiger partial charge in [-0.15, -0.1) is 5.10 Å². The number of rotatable bonds is 10. The molecule has 0 bridgehead atoms. The Bertz CT molecular complexity index is 670. The summed E-state index contributed by atoms with van der Waals surface area (Å²) in [5.74, 6) is 0.182. The zero-order valence-electron chi connectivity index (χ0n) is 14.6. The van der Waals surface area contributed by atoms with E-state index in [1.807, 2.05) is 13.8 Å². The summed E-state index contributed by atoms with van der Waals surface area (Å²) in [6, 6.07) is 3.56. The Morgan fingerprint density at radius 1 is 1.32 bits per heavy atom. The molecular formula is C16H23N5O4. The number of ether oxygens (including phenoxy) is 3. The van der Waals surface area contributed by atoms with Crippen molar-refractivity contribution in [2.24, 2.45) is 0 Å². The van der Waals surface area contributed by atoms with Crippen LogP contribution in [0.2, 0.25) is 0 Å². The third-order valence-corrected chi connectivity index (χ3v) is 3.27. The maximum absolute atomic E-state index is 12.2. The van der Waals surface area contributed by atoms with Gasteiger partial charge >= 0.3 is 0 Å². The molecule has 0 atom stereocenters. The monoisotopic (exact) mass is 349 g/mol. The molecule has 2 heterocycles. The number of nitrogens with zero attached hydrogens (tertiary/aromatic N) is 4. The predicted octanol–water partition coefficient (Wildman–Crippen LogP) is 1.01. The highest BCUT2D eigenvalue weighted by Gasteiger charge is 2.14. The average molecular weight is 349 g/mol. The molecule has 0 radical (unpaired) electrons. The third kappa shape index (κ3) is 5.80. The molecule has 9 nitrogen and oxygen atoms in total. The molecule has 0 aromatic carbocycles. The summed E-state index contributed by atoms with van der Waals surface area (Å²) in [4.78, 5) is 16.2. The van der Waals surface area contributed by atoms with E-state index < -0.39 is 6.29 Å². The first-order valence-electron chi connectivity index (χ1n) is 8.06. The Kier molecular flexibility index (Phi) is 7.30. The molecule has 2 aromatic rings. The quantitative estimate of drug-likeness (QED) is 0.639. The van der Waals surface area contributed by atoms with Crippen molar-refractivity contribution < 1.29 is 19.0 Å². The van der Waals surface area contributed by atoms with E-state index in [9.17, 15) is 4.79 Å². The minimum absolute atomic E-state index is 0.229. The van der Waals surface area contributed by atoms with Crippen LogP contribution < -0.4 is 10.1 Å². The second-order valence-electron chi connectivity index (χ2n) is 5.06. The fraction of sp³-hybridized carbons (Fsp3) is 0.500. The largest absolute Gasteiger partial charge is 0.481 e. The Hall–Kier alpha value is -2.52. The van der Waals surface area contributed by atoms with E-state index in [4.69, 9.17) is 14.2 Å². The molecule has 2 rings (SSSR count). The zero-order chi connectivity index (χ0) is 18.1. The maximum atomic E-state index is 12.2. The summed E-state index contributed by atoms with van der Waals surface area (Å²) < 4.78 is 17.5. The lowest BCUT2D eigenvalue weighted by molar-refractivity contribution is -0.145. The van der Waals surface area contributed by atoms with Crippen LogP contribution in [-0.4, -0.2) is 52.5 Å². The first-order chi connectivity index (χ1) is 12.2. The fourth-order valence-corrected chi connectivity index (χ4v) is 2.11. The van der Waals surface area contributed by atoms with Gasteiger partial charge in [0.1, 0.15) is 0 Å². The van der Waals surface area contributed by atoms with Gasteiger partial charge in [-0.05, 0) is 25.5 Å². The maximum Gasteiger partial charge on any atom is 0.273 e. The summed E-state index contributed by atoms with van der Waals surface area (Å²) in [6.45, 7) is 5.54. The van der Waals surface area contributed by atoms with Crippen molar-refractivity contribution in [3.05, 3.63) is 35.8 Å². The van der Waals surface area contributed by atoms with Crippen LogP contribution in [0.4, 0.5) is 0 Å². The van der Waals surface area contributed by atoms with Crippen molar-refractivity contribution in [1.29, 1.82) is 0 Å². The minimum Gasteiger partial charge on any atom is -0.481 e. The van der Waals surface area contributed by atoms with Gasteiger partial charge in [0, 0.05) is 32.0 Å². The molecule has 0 aliphatic carbocycles. The number of amides is 1. The van der Waals surface area contributed by atoms with Crippen molar-refractivity contribution in [1.82, 2.24) is 25.3 Å². The minimum atomic E-state index is -0.420. The van der Waals surface area contributed by atoms with Crippen molar-refractivity contribution in [3.8, 4) is 5.88 Å². The number of carbonyl (C=O) groups is 1. The number of methoxy groups -OCH3 is 1. The SMILES string of the molecule is CCOC(Cn1cc(C(=O)NCc2ccnc(OC)c2)nn1)OCC. The van der Waals surface area contributed by atoms with Crippen LogP contribution in [0.25, 0.3) is 0 Å². The van der Waals surface area contributed by atoms with Gasteiger partial charge in [0.25, 0.3) is 5.91 Å². The summed E-state index contributed by atoms with van der Waals surface area (Å²) in [5, 5.41) is 10.6. The summed E-state index contributed by atoms with van der Waals surface area (Å²) in [6.07, 6.45) is 2.77. The number of carbonyl (C=O) groups excluding carboxylic acids is 1. The molecule has 1 N–H and O–H groups in total. The van der Waals surface area contributed by atoms with E-state index in [1.165, 1.54) is 4.68 Å². The lowest BCUT2D eigenvalue weighted by atomic mass is 10.2. The fourth-order valence-electron chi connectivity index (χ4n) is 2.11. The van der Waals surface area contributed by atoms with E-state index in [0.717, 1.165) is 5.56 Å². The van der Waals surface area contributed by atoms with Crippen LogP contribution in [0.5, 0.6) is 5.88 Å². The molecule has 0 spiro atoms. The Morgan fingerprint density at radius 2 is 2.08 bits per heavy atom. The number of nitrogens with one attached hydrogen (secondary N) is 1.